The molecule has 1 heterocycles. The molecule has 2 aromatic rings. The quantitative estimate of drug-likeness (QED) is 0.395. The van der Waals surface area contributed by atoms with E-state index in [9.17, 15) is 14.7 Å². The van der Waals surface area contributed by atoms with Crippen LogP contribution in [0.25, 0.3) is 0 Å². The first kappa shape index (κ1) is 26.2. The van der Waals surface area contributed by atoms with E-state index in [-0.39, 0.29) is 23.7 Å². The molecule has 0 radical (unpaired) electrons. The summed E-state index contributed by atoms with van der Waals surface area (Å²) in [4.78, 5) is 26.1. The van der Waals surface area contributed by atoms with Crippen LogP contribution in [0, 0.1) is 23.2 Å². The van der Waals surface area contributed by atoms with Gasteiger partial charge in [0.05, 0.1) is 6.61 Å². The predicted octanol–water partition coefficient (Wildman–Crippen LogP) is 6.54. The molecule has 2 aromatic carbocycles. The lowest BCUT2D eigenvalue weighted by molar-refractivity contribution is -0.129. The van der Waals surface area contributed by atoms with Crippen molar-refractivity contribution < 1.29 is 28.9 Å². The van der Waals surface area contributed by atoms with Gasteiger partial charge in [-0.2, -0.15) is 0 Å². The molecule has 0 amide bonds. The number of aromatic hydroxyl groups is 1. The van der Waals surface area contributed by atoms with Gasteiger partial charge >= 0.3 is 0 Å². The molecule has 0 saturated heterocycles. The summed E-state index contributed by atoms with van der Waals surface area (Å²) in [5.41, 5.74) is 3.39. The minimum atomic E-state index is -0.244. The van der Waals surface area contributed by atoms with E-state index in [1.165, 1.54) is 11.1 Å². The largest absolute Gasteiger partial charge is 0.504 e. The number of fused-ring (bicyclic) bond motifs is 6. The van der Waals surface area contributed by atoms with Crippen LogP contribution in [0.1, 0.15) is 87.8 Å². The minimum Gasteiger partial charge on any atom is -0.504 e. The van der Waals surface area contributed by atoms with Crippen LogP contribution in [0.3, 0.4) is 0 Å². The second-order valence-electron chi connectivity index (χ2n) is 12.2. The van der Waals surface area contributed by atoms with Crippen LogP contribution in [-0.2, 0) is 22.4 Å². The van der Waals surface area contributed by atoms with E-state index in [4.69, 9.17) is 14.2 Å². The topological polar surface area (TPSA) is 82.1 Å². The average molecular weight is 533 g/mol. The van der Waals surface area contributed by atoms with Crippen LogP contribution in [0.4, 0.5) is 0 Å². The summed E-state index contributed by atoms with van der Waals surface area (Å²) >= 11 is 0. The fourth-order valence-electron chi connectivity index (χ4n) is 8.25. The zero-order valence-electron chi connectivity index (χ0n) is 23.2. The van der Waals surface area contributed by atoms with Crippen LogP contribution in [-0.4, -0.2) is 30.1 Å². The Morgan fingerprint density at radius 2 is 1.97 bits per heavy atom. The van der Waals surface area contributed by atoms with Crippen LogP contribution >= 0.6 is 0 Å². The summed E-state index contributed by atoms with van der Waals surface area (Å²) in [6, 6.07) is 9.86. The molecule has 6 nitrogen and oxygen atoms in total. The highest BCUT2D eigenvalue weighted by Crippen LogP contribution is 2.62. The van der Waals surface area contributed by atoms with Gasteiger partial charge in [-0.3, -0.25) is 9.59 Å². The SMILES string of the molecule is CCOc1cc2c(cc1O)CC[C@H]1[C@@H]3[C@@H](CCCC(=O)CCc4ccc5c(c4)OCO5)CC(=O)[C@@]3(C)CC[C@H]21. The lowest BCUT2D eigenvalue weighted by Gasteiger charge is -2.50. The Bertz CT molecular complexity index is 1270. The Morgan fingerprint density at radius 1 is 1.13 bits per heavy atom. The average Bonchev–Trinajstić information content (AvgIpc) is 3.49. The molecule has 1 aliphatic heterocycles. The van der Waals surface area contributed by atoms with Gasteiger partial charge < -0.3 is 19.3 Å². The predicted molar refractivity (Wildman–Crippen MR) is 148 cm³/mol. The molecule has 0 unspecified atom stereocenters. The molecule has 39 heavy (non-hydrogen) atoms. The van der Waals surface area contributed by atoms with Crippen molar-refractivity contribution in [3.8, 4) is 23.0 Å². The van der Waals surface area contributed by atoms with Gasteiger partial charge in [0.25, 0.3) is 0 Å². The van der Waals surface area contributed by atoms with Gasteiger partial charge in [-0.05, 0) is 116 Å². The summed E-state index contributed by atoms with van der Waals surface area (Å²) in [7, 11) is 0. The molecule has 2 saturated carbocycles. The van der Waals surface area contributed by atoms with Crippen molar-refractivity contribution in [1.82, 2.24) is 0 Å². The molecule has 0 spiro atoms. The summed E-state index contributed by atoms with van der Waals surface area (Å²) in [5.74, 6) is 4.63. The molecule has 6 rings (SSSR count). The normalized spacial score (nSPS) is 28.5. The number of hydrogen-bond acceptors (Lipinski definition) is 6. The van der Waals surface area contributed by atoms with Crippen molar-refractivity contribution in [1.29, 1.82) is 0 Å². The summed E-state index contributed by atoms with van der Waals surface area (Å²) < 4.78 is 16.6. The van der Waals surface area contributed by atoms with Gasteiger partial charge in [-0.15, -0.1) is 0 Å². The van der Waals surface area contributed by atoms with E-state index < -0.39 is 0 Å². The maximum absolute atomic E-state index is 13.3. The Labute approximate surface area is 231 Å². The van der Waals surface area contributed by atoms with Crippen molar-refractivity contribution in [3.05, 3.63) is 47.0 Å². The van der Waals surface area contributed by atoms with Crippen molar-refractivity contribution in [3.63, 3.8) is 0 Å². The van der Waals surface area contributed by atoms with Crippen molar-refractivity contribution >= 4 is 11.6 Å². The number of benzene rings is 2. The zero-order valence-corrected chi connectivity index (χ0v) is 23.2. The molecule has 2 fully saturated rings. The molecular formula is C33H40O6. The summed E-state index contributed by atoms with van der Waals surface area (Å²) in [6.45, 7) is 4.93. The van der Waals surface area contributed by atoms with Gasteiger partial charge in [-0.1, -0.05) is 13.0 Å². The van der Waals surface area contributed by atoms with Crippen LogP contribution in [0.15, 0.2) is 30.3 Å². The van der Waals surface area contributed by atoms with Crippen LogP contribution in [0.5, 0.6) is 23.0 Å². The molecular weight excluding hydrogens is 492 g/mol. The van der Waals surface area contributed by atoms with Crippen molar-refractivity contribution in [2.75, 3.05) is 13.4 Å². The first-order chi connectivity index (χ1) is 18.9. The molecule has 0 aromatic heterocycles. The van der Waals surface area contributed by atoms with Gasteiger partial charge in [0.15, 0.2) is 23.0 Å². The molecule has 208 valence electrons. The number of hydrogen-bond donors (Lipinski definition) is 1. The summed E-state index contributed by atoms with van der Waals surface area (Å²) in [6.07, 6.45) is 8.19. The van der Waals surface area contributed by atoms with E-state index in [0.29, 0.717) is 67.5 Å². The Balaban J connectivity index is 1.09. The molecule has 3 aliphatic carbocycles. The highest BCUT2D eigenvalue weighted by atomic mass is 16.7. The molecule has 0 bridgehead atoms. The van der Waals surface area contributed by atoms with E-state index in [2.05, 4.69) is 13.0 Å². The van der Waals surface area contributed by atoms with Crippen LogP contribution < -0.4 is 14.2 Å². The highest BCUT2D eigenvalue weighted by Gasteiger charge is 2.58. The fraction of sp³-hybridized carbons (Fsp3) is 0.576. The van der Waals surface area contributed by atoms with Crippen molar-refractivity contribution in [2.45, 2.75) is 84.0 Å². The third-order valence-corrected chi connectivity index (χ3v) is 10.1. The van der Waals surface area contributed by atoms with Gasteiger partial charge in [0, 0.05) is 24.7 Å². The maximum Gasteiger partial charge on any atom is 0.231 e. The number of ether oxygens (including phenoxy) is 3. The smallest absolute Gasteiger partial charge is 0.231 e. The van der Waals surface area contributed by atoms with E-state index in [1.807, 2.05) is 31.2 Å². The Hall–Kier alpha value is -3.02. The standard InChI is InChI=1S/C33H40O6/c1-3-37-29-18-26-21(16-27(29)35)9-11-25-24(26)13-14-33(2)31(36)17-22(32(25)33)5-4-6-23(34)10-7-20-8-12-28-30(15-20)39-19-38-28/h8,12,15-16,18,22,24-25,32,35H,3-7,9-11,13-14,17,19H2,1-2H3/t22-,24-,25+,32-,33+/m0/s1. The molecule has 1 N–H and O–H groups in total. The number of Topliss-reactive ketones (excluding diaryl/α,β-unsaturated/α-hetero) is 2. The number of carbonyl (C=O) groups excluding carboxylic acids is 2. The van der Waals surface area contributed by atoms with Crippen LogP contribution in [0.2, 0.25) is 0 Å². The van der Waals surface area contributed by atoms with E-state index in [1.54, 1.807) is 0 Å². The highest BCUT2D eigenvalue weighted by molar-refractivity contribution is 5.87. The van der Waals surface area contributed by atoms with E-state index in [0.717, 1.165) is 55.6 Å². The number of phenolic OH excluding ortho intramolecular Hbond substituents is 1. The monoisotopic (exact) mass is 532 g/mol. The van der Waals surface area contributed by atoms with Crippen molar-refractivity contribution in [2.24, 2.45) is 23.2 Å². The maximum atomic E-state index is 13.3. The zero-order chi connectivity index (χ0) is 27.1. The molecule has 6 heteroatoms. The second kappa shape index (κ2) is 10.5. The third kappa shape index (κ3) is 4.81. The number of rotatable bonds is 9. The number of phenols is 1. The molecule has 4 aliphatic rings. The lowest BCUT2D eigenvalue weighted by Crippen LogP contribution is -2.44. The molecule has 5 atom stereocenters. The Kier molecular flexibility index (Phi) is 7.07. The first-order valence-corrected chi connectivity index (χ1v) is 14.8. The lowest BCUT2D eigenvalue weighted by atomic mass is 9.54. The third-order valence-electron chi connectivity index (χ3n) is 10.1. The number of aryl methyl sites for hydroxylation is 2. The number of carbonyl (C=O) groups is 2. The van der Waals surface area contributed by atoms with Gasteiger partial charge in [0.2, 0.25) is 6.79 Å². The minimum absolute atomic E-state index is 0.229. The second-order valence-corrected chi connectivity index (χ2v) is 12.2. The summed E-state index contributed by atoms with van der Waals surface area (Å²) in [5, 5.41) is 10.4. The van der Waals surface area contributed by atoms with Gasteiger partial charge in [-0.25, -0.2) is 0 Å². The fourth-order valence-corrected chi connectivity index (χ4v) is 8.25. The van der Waals surface area contributed by atoms with E-state index >= 15 is 0 Å². The van der Waals surface area contributed by atoms with Gasteiger partial charge in [0.1, 0.15) is 11.6 Å². The first-order valence-electron chi connectivity index (χ1n) is 14.8. The number of ketones is 2. The Morgan fingerprint density at radius 3 is 2.82 bits per heavy atom.